The van der Waals surface area contributed by atoms with E-state index in [9.17, 15) is 9.59 Å². The Morgan fingerprint density at radius 2 is 2.11 bits per heavy atom. The van der Waals surface area contributed by atoms with E-state index in [4.69, 9.17) is 4.74 Å². The van der Waals surface area contributed by atoms with Crippen molar-refractivity contribution >= 4 is 17.5 Å². The van der Waals surface area contributed by atoms with Gasteiger partial charge in [-0.1, -0.05) is 12.1 Å². The summed E-state index contributed by atoms with van der Waals surface area (Å²) in [7, 11) is 0. The highest BCUT2D eigenvalue weighted by atomic mass is 16.5. The van der Waals surface area contributed by atoms with E-state index in [0.717, 1.165) is 22.7 Å². The van der Waals surface area contributed by atoms with Crippen LogP contribution in [0.15, 0.2) is 42.6 Å². The van der Waals surface area contributed by atoms with E-state index in [1.165, 1.54) is 0 Å². The average molecular weight is 367 g/mol. The van der Waals surface area contributed by atoms with Gasteiger partial charge < -0.3 is 15.0 Å². The molecule has 142 valence electrons. The molecule has 1 aromatic heterocycles. The van der Waals surface area contributed by atoms with Gasteiger partial charge in [-0.15, -0.1) is 0 Å². The van der Waals surface area contributed by atoms with Crippen LogP contribution in [0.4, 0.5) is 5.69 Å². The lowest BCUT2D eigenvalue weighted by molar-refractivity contribution is -0.131. The minimum atomic E-state index is 0.0396. The first-order chi connectivity index (χ1) is 13.2. The van der Waals surface area contributed by atoms with E-state index in [1.54, 1.807) is 6.20 Å². The molecule has 0 bridgehead atoms. The first-order valence-electron chi connectivity index (χ1n) is 9.39. The number of nitrogens with zero attached hydrogens (tertiary/aromatic N) is 2. The average Bonchev–Trinajstić information content (AvgIpc) is 2.69. The molecule has 1 aliphatic rings. The van der Waals surface area contributed by atoms with Crippen molar-refractivity contribution in [2.75, 3.05) is 18.5 Å². The van der Waals surface area contributed by atoms with Gasteiger partial charge >= 0.3 is 0 Å². The van der Waals surface area contributed by atoms with Gasteiger partial charge in [0.05, 0.1) is 18.8 Å². The summed E-state index contributed by atoms with van der Waals surface area (Å²) in [5.41, 5.74) is 2.75. The van der Waals surface area contributed by atoms with Crippen molar-refractivity contribution in [2.45, 2.75) is 39.2 Å². The monoisotopic (exact) mass is 367 g/mol. The molecule has 0 atom stereocenters. The van der Waals surface area contributed by atoms with Gasteiger partial charge in [0.2, 0.25) is 11.8 Å². The third-order valence-corrected chi connectivity index (χ3v) is 4.62. The smallest absolute Gasteiger partial charge is 0.224 e. The molecule has 0 aliphatic carbocycles. The Hall–Kier alpha value is -2.89. The van der Waals surface area contributed by atoms with Crippen molar-refractivity contribution in [3.8, 4) is 5.75 Å². The zero-order chi connectivity index (χ0) is 19.1. The molecule has 0 radical (unpaired) electrons. The summed E-state index contributed by atoms with van der Waals surface area (Å²) in [5.74, 6) is 0.938. The number of ether oxygens (including phenoxy) is 1. The molecule has 2 amide bonds. The van der Waals surface area contributed by atoms with E-state index in [1.807, 2.05) is 48.2 Å². The first kappa shape index (κ1) is 18.9. The summed E-state index contributed by atoms with van der Waals surface area (Å²) in [6.07, 6.45) is 3.99. The van der Waals surface area contributed by atoms with E-state index < -0.39 is 0 Å². The minimum absolute atomic E-state index is 0.0396. The van der Waals surface area contributed by atoms with Crippen molar-refractivity contribution in [3.05, 3.63) is 53.9 Å². The van der Waals surface area contributed by atoms with Crippen LogP contribution in [0.3, 0.4) is 0 Å². The molecule has 0 saturated heterocycles. The maximum absolute atomic E-state index is 12.5. The topological polar surface area (TPSA) is 71.5 Å². The van der Waals surface area contributed by atoms with Crippen LogP contribution in [0.5, 0.6) is 5.75 Å². The SMILES string of the molecule is CCN(Cc1ccccn1)C(=O)CCCOc1cccc2c1CCC(=O)N2. The van der Waals surface area contributed by atoms with Gasteiger partial charge in [-0.25, -0.2) is 0 Å². The third kappa shape index (κ3) is 5.06. The van der Waals surface area contributed by atoms with E-state index in [0.29, 0.717) is 45.4 Å². The largest absolute Gasteiger partial charge is 0.493 e. The summed E-state index contributed by atoms with van der Waals surface area (Å²) in [6.45, 7) is 3.63. The fourth-order valence-electron chi connectivity index (χ4n) is 3.15. The highest BCUT2D eigenvalue weighted by Crippen LogP contribution is 2.31. The first-order valence-corrected chi connectivity index (χ1v) is 9.39. The summed E-state index contributed by atoms with van der Waals surface area (Å²) in [4.78, 5) is 30.0. The lowest BCUT2D eigenvalue weighted by Gasteiger charge is -2.21. The molecule has 0 unspecified atom stereocenters. The summed E-state index contributed by atoms with van der Waals surface area (Å²) in [6, 6.07) is 11.4. The van der Waals surface area contributed by atoms with Crippen LogP contribution < -0.4 is 10.1 Å². The maximum Gasteiger partial charge on any atom is 0.224 e. The number of carbonyl (C=O) groups excluding carboxylic acids is 2. The van der Waals surface area contributed by atoms with Crippen LogP contribution in [0.1, 0.15) is 37.4 Å². The van der Waals surface area contributed by atoms with Crippen LogP contribution in [-0.2, 0) is 22.6 Å². The predicted molar refractivity (Wildman–Crippen MR) is 103 cm³/mol. The van der Waals surface area contributed by atoms with Crippen LogP contribution in [0, 0.1) is 0 Å². The zero-order valence-electron chi connectivity index (χ0n) is 15.6. The van der Waals surface area contributed by atoms with Crippen LogP contribution >= 0.6 is 0 Å². The number of amides is 2. The molecule has 1 aromatic carbocycles. The molecule has 0 saturated carbocycles. The van der Waals surface area contributed by atoms with Crippen molar-refractivity contribution in [1.29, 1.82) is 0 Å². The highest BCUT2D eigenvalue weighted by Gasteiger charge is 2.18. The fourth-order valence-corrected chi connectivity index (χ4v) is 3.15. The molecule has 3 rings (SSSR count). The summed E-state index contributed by atoms with van der Waals surface area (Å²) >= 11 is 0. The van der Waals surface area contributed by atoms with Gasteiger partial charge in [0.1, 0.15) is 5.75 Å². The molecule has 1 aliphatic heterocycles. The van der Waals surface area contributed by atoms with Crippen molar-refractivity contribution in [3.63, 3.8) is 0 Å². The lowest BCUT2D eigenvalue weighted by atomic mass is 10.0. The van der Waals surface area contributed by atoms with Gasteiger partial charge in [-0.2, -0.15) is 0 Å². The number of carbonyl (C=O) groups is 2. The number of hydrogen-bond donors (Lipinski definition) is 1. The molecule has 6 heteroatoms. The Labute approximate surface area is 159 Å². The Kier molecular flexibility index (Phi) is 6.41. The van der Waals surface area contributed by atoms with Crippen LogP contribution in [-0.4, -0.2) is 34.8 Å². The molecule has 0 fully saturated rings. The van der Waals surface area contributed by atoms with Crippen LogP contribution in [0.25, 0.3) is 0 Å². The number of pyridine rings is 1. The normalized spacial score (nSPS) is 12.9. The predicted octanol–water partition coefficient (Wildman–Crippen LogP) is 3.17. The highest BCUT2D eigenvalue weighted by molar-refractivity contribution is 5.94. The zero-order valence-corrected chi connectivity index (χ0v) is 15.6. The minimum Gasteiger partial charge on any atom is -0.493 e. The molecule has 27 heavy (non-hydrogen) atoms. The quantitative estimate of drug-likeness (QED) is 0.728. The van der Waals surface area contributed by atoms with E-state index in [-0.39, 0.29) is 11.8 Å². The van der Waals surface area contributed by atoms with Gasteiger partial charge in [0.15, 0.2) is 0 Å². The van der Waals surface area contributed by atoms with Gasteiger partial charge in [0.25, 0.3) is 0 Å². The van der Waals surface area contributed by atoms with Crippen molar-refractivity contribution in [2.24, 2.45) is 0 Å². The molecule has 2 heterocycles. The fraction of sp³-hybridized carbons (Fsp3) is 0.381. The lowest BCUT2D eigenvalue weighted by Crippen LogP contribution is -2.30. The number of benzene rings is 1. The second kappa shape index (κ2) is 9.16. The van der Waals surface area contributed by atoms with Crippen molar-refractivity contribution in [1.82, 2.24) is 9.88 Å². The molecular formula is C21H25N3O3. The van der Waals surface area contributed by atoms with E-state index in [2.05, 4.69) is 10.3 Å². The number of nitrogens with one attached hydrogen (secondary N) is 1. The molecule has 2 aromatic rings. The molecule has 1 N–H and O–H groups in total. The van der Waals surface area contributed by atoms with Gasteiger partial charge in [-0.05, 0) is 44.0 Å². The third-order valence-electron chi connectivity index (χ3n) is 4.62. The second-order valence-corrected chi connectivity index (χ2v) is 6.51. The van der Waals surface area contributed by atoms with Crippen molar-refractivity contribution < 1.29 is 14.3 Å². The molecular weight excluding hydrogens is 342 g/mol. The van der Waals surface area contributed by atoms with Gasteiger partial charge in [-0.3, -0.25) is 14.6 Å². The molecule has 6 nitrogen and oxygen atoms in total. The summed E-state index contributed by atoms with van der Waals surface area (Å²) < 4.78 is 5.89. The Morgan fingerprint density at radius 3 is 2.89 bits per heavy atom. The second-order valence-electron chi connectivity index (χ2n) is 6.51. The van der Waals surface area contributed by atoms with Gasteiger partial charge in [0, 0.05) is 36.8 Å². The summed E-state index contributed by atoms with van der Waals surface area (Å²) in [5, 5.41) is 2.87. The van der Waals surface area contributed by atoms with E-state index >= 15 is 0 Å². The molecule has 0 spiro atoms. The standard InChI is InChI=1S/C21H25N3O3/c1-2-24(15-16-7-3-4-13-22-16)21(26)10-6-14-27-19-9-5-8-18-17(19)11-12-20(25)23-18/h3-5,7-9,13H,2,6,10-12,14-15H2,1H3,(H,23,25). The Morgan fingerprint density at radius 1 is 1.22 bits per heavy atom. The Balaban J connectivity index is 1.48. The number of anilines is 1. The van der Waals surface area contributed by atoms with Crippen LogP contribution in [0.2, 0.25) is 0 Å². The number of rotatable bonds is 8. The Bertz CT molecular complexity index is 793. The number of fused-ring (bicyclic) bond motifs is 1. The number of aromatic nitrogens is 1. The maximum atomic E-state index is 12.5. The number of hydrogen-bond acceptors (Lipinski definition) is 4.